The lowest BCUT2D eigenvalue weighted by atomic mass is 10.0. The second-order valence-corrected chi connectivity index (χ2v) is 3.88. The predicted octanol–water partition coefficient (Wildman–Crippen LogP) is 0.607. The Morgan fingerprint density at radius 2 is 1.75 bits per heavy atom. The number of carbonyl (C=O) groups excluding carboxylic acids is 1. The Morgan fingerprint density at radius 3 is 2.12 bits per heavy atom. The first kappa shape index (κ1) is 13.0. The Bertz CT molecular complexity index is 404. The van der Waals surface area contributed by atoms with Crippen LogP contribution < -0.4 is 5.73 Å². The second kappa shape index (κ2) is 4.86. The molecule has 1 amide bonds. The van der Waals surface area contributed by atoms with Crippen molar-refractivity contribution in [3.8, 4) is 0 Å². The van der Waals surface area contributed by atoms with E-state index in [1.165, 1.54) is 0 Å². The zero-order valence-electron chi connectivity index (χ0n) is 7.82. The van der Waals surface area contributed by atoms with Gasteiger partial charge in [-0.2, -0.15) is 0 Å². The minimum Gasteiger partial charge on any atom is -0.385 e. The van der Waals surface area contributed by atoms with Crippen LogP contribution >= 0.6 is 15.9 Å². The average Bonchev–Trinajstić information content (AvgIpc) is 2.22. The molecule has 0 saturated carbocycles. The summed E-state index contributed by atoms with van der Waals surface area (Å²) in [7, 11) is 0. The fourth-order valence-corrected chi connectivity index (χ4v) is 1.31. The molecule has 0 aromatic heterocycles. The van der Waals surface area contributed by atoms with Crippen LogP contribution in [0.2, 0.25) is 0 Å². The Hall–Kier alpha value is -1.05. The van der Waals surface area contributed by atoms with Crippen molar-refractivity contribution in [3.05, 3.63) is 33.8 Å². The number of hydrogen-bond acceptors (Lipinski definition) is 3. The summed E-state index contributed by atoms with van der Waals surface area (Å²) in [5.41, 5.74) is 4.46. The van der Waals surface area contributed by atoms with Gasteiger partial charge in [-0.05, 0) is 33.6 Å². The highest BCUT2D eigenvalue weighted by Crippen LogP contribution is 2.25. The van der Waals surface area contributed by atoms with Gasteiger partial charge in [0.1, 0.15) is 17.7 Å². The van der Waals surface area contributed by atoms with Gasteiger partial charge in [-0.3, -0.25) is 4.79 Å². The second-order valence-electron chi connectivity index (χ2n) is 3.09. The molecule has 4 N–H and O–H groups in total. The maximum Gasteiger partial charge on any atom is 0.249 e. The third-order valence-electron chi connectivity index (χ3n) is 1.94. The molecule has 16 heavy (non-hydrogen) atoms. The zero-order chi connectivity index (χ0) is 12.5. The van der Waals surface area contributed by atoms with Crippen molar-refractivity contribution in [1.29, 1.82) is 0 Å². The van der Waals surface area contributed by atoms with Crippen LogP contribution in [0.1, 0.15) is 11.7 Å². The number of aliphatic hydroxyl groups is 2. The van der Waals surface area contributed by atoms with Gasteiger partial charge in [0.2, 0.25) is 5.91 Å². The SMILES string of the molecule is NC(=O)C(O)C(O)c1cc(F)c(Br)c(F)c1. The maximum absolute atomic E-state index is 13.1. The Balaban J connectivity index is 3.10. The average molecular weight is 296 g/mol. The highest BCUT2D eigenvalue weighted by Gasteiger charge is 2.25. The van der Waals surface area contributed by atoms with Crippen LogP contribution in [0.4, 0.5) is 8.78 Å². The molecule has 0 aliphatic rings. The van der Waals surface area contributed by atoms with Crippen molar-refractivity contribution in [2.75, 3.05) is 0 Å². The molecular weight excluding hydrogens is 288 g/mol. The maximum atomic E-state index is 13.1. The highest BCUT2D eigenvalue weighted by molar-refractivity contribution is 9.10. The van der Waals surface area contributed by atoms with E-state index >= 15 is 0 Å². The van der Waals surface area contributed by atoms with Crippen LogP contribution in [0, 0.1) is 11.6 Å². The molecule has 1 aromatic rings. The van der Waals surface area contributed by atoms with Gasteiger partial charge in [0.25, 0.3) is 0 Å². The number of amides is 1. The van der Waals surface area contributed by atoms with Gasteiger partial charge in [0, 0.05) is 0 Å². The molecule has 0 heterocycles. The number of aliphatic hydroxyl groups excluding tert-OH is 2. The van der Waals surface area contributed by atoms with E-state index in [0.29, 0.717) is 0 Å². The van der Waals surface area contributed by atoms with E-state index in [1.807, 2.05) is 0 Å². The van der Waals surface area contributed by atoms with Crippen molar-refractivity contribution < 1.29 is 23.8 Å². The van der Waals surface area contributed by atoms with Crippen molar-refractivity contribution in [3.63, 3.8) is 0 Å². The predicted molar refractivity (Wildman–Crippen MR) is 54.2 cm³/mol. The van der Waals surface area contributed by atoms with E-state index in [-0.39, 0.29) is 5.56 Å². The summed E-state index contributed by atoms with van der Waals surface area (Å²) in [6, 6.07) is 1.59. The monoisotopic (exact) mass is 295 g/mol. The molecule has 0 aliphatic heterocycles. The normalized spacial score (nSPS) is 14.6. The molecular formula is C9H8BrF2NO3. The largest absolute Gasteiger partial charge is 0.385 e. The minimum absolute atomic E-state index is 0.274. The minimum atomic E-state index is -1.92. The lowest BCUT2D eigenvalue weighted by molar-refractivity contribution is -0.132. The summed E-state index contributed by atoms with van der Waals surface area (Å²) >= 11 is 2.64. The number of hydrogen-bond donors (Lipinski definition) is 3. The molecule has 2 atom stereocenters. The molecule has 0 fully saturated rings. The Morgan fingerprint density at radius 1 is 1.31 bits per heavy atom. The fourth-order valence-electron chi connectivity index (χ4n) is 1.08. The summed E-state index contributed by atoms with van der Waals surface area (Å²) in [5, 5.41) is 18.5. The first-order valence-electron chi connectivity index (χ1n) is 4.14. The first-order chi connectivity index (χ1) is 7.34. The summed E-state index contributed by atoms with van der Waals surface area (Å²) in [6.07, 6.45) is -3.69. The van der Waals surface area contributed by atoms with Crippen molar-refractivity contribution in [2.45, 2.75) is 12.2 Å². The molecule has 0 saturated heterocycles. The van der Waals surface area contributed by atoms with Gasteiger partial charge in [-0.1, -0.05) is 0 Å². The van der Waals surface area contributed by atoms with Crippen LogP contribution in [-0.2, 0) is 4.79 Å². The van der Waals surface area contributed by atoms with E-state index in [4.69, 9.17) is 10.8 Å². The van der Waals surface area contributed by atoms with Gasteiger partial charge in [0.15, 0.2) is 6.10 Å². The van der Waals surface area contributed by atoms with Crippen molar-refractivity contribution in [1.82, 2.24) is 0 Å². The van der Waals surface area contributed by atoms with Gasteiger partial charge in [0.05, 0.1) is 4.47 Å². The van der Waals surface area contributed by atoms with E-state index in [2.05, 4.69) is 15.9 Å². The smallest absolute Gasteiger partial charge is 0.249 e. The number of primary amides is 1. The number of benzene rings is 1. The first-order valence-corrected chi connectivity index (χ1v) is 4.93. The molecule has 88 valence electrons. The molecule has 2 unspecified atom stereocenters. The Kier molecular flexibility index (Phi) is 3.95. The molecule has 0 spiro atoms. The lowest BCUT2D eigenvalue weighted by Gasteiger charge is -2.15. The van der Waals surface area contributed by atoms with E-state index in [1.54, 1.807) is 0 Å². The topological polar surface area (TPSA) is 83.6 Å². The summed E-state index contributed by atoms with van der Waals surface area (Å²) in [5.74, 6) is -3.09. The molecule has 0 radical (unpaired) electrons. The van der Waals surface area contributed by atoms with Crippen molar-refractivity contribution in [2.24, 2.45) is 5.73 Å². The number of nitrogens with two attached hydrogens (primary N) is 1. The molecule has 7 heteroatoms. The third-order valence-corrected chi connectivity index (χ3v) is 2.70. The summed E-state index contributed by atoms with van der Waals surface area (Å²) < 4.78 is 25.7. The molecule has 1 rings (SSSR count). The van der Waals surface area contributed by atoms with Gasteiger partial charge in [-0.25, -0.2) is 8.78 Å². The van der Waals surface area contributed by atoms with Crippen LogP contribution in [0.15, 0.2) is 16.6 Å². The standard InChI is InChI=1S/C9H8BrF2NO3/c10-6-4(11)1-3(2-5(6)12)7(14)8(15)9(13)16/h1-2,7-8,14-15H,(H2,13,16). The van der Waals surface area contributed by atoms with E-state index in [9.17, 15) is 18.7 Å². The summed E-state index contributed by atoms with van der Waals surface area (Å²) in [4.78, 5) is 10.6. The molecule has 0 aliphatic carbocycles. The van der Waals surface area contributed by atoms with Crippen LogP contribution in [0.3, 0.4) is 0 Å². The Labute approximate surface area is 97.8 Å². The summed E-state index contributed by atoms with van der Waals surface area (Å²) in [6.45, 7) is 0. The third kappa shape index (κ3) is 2.55. The van der Waals surface area contributed by atoms with Gasteiger partial charge in [-0.15, -0.1) is 0 Å². The van der Waals surface area contributed by atoms with Gasteiger partial charge >= 0.3 is 0 Å². The van der Waals surface area contributed by atoms with Crippen molar-refractivity contribution >= 4 is 21.8 Å². The quantitative estimate of drug-likeness (QED) is 0.714. The van der Waals surface area contributed by atoms with Crippen LogP contribution in [-0.4, -0.2) is 22.2 Å². The lowest BCUT2D eigenvalue weighted by Crippen LogP contribution is -2.33. The van der Waals surface area contributed by atoms with E-state index in [0.717, 1.165) is 12.1 Å². The van der Waals surface area contributed by atoms with Gasteiger partial charge < -0.3 is 15.9 Å². The zero-order valence-corrected chi connectivity index (χ0v) is 9.41. The van der Waals surface area contributed by atoms with Crippen LogP contribution in [0.25, 0.3) is 0 Å². The van der Waals surface area contributed by atoms with Crippen LogP contribution in [0.5, 0.6) is 0 Å². The highest BCUT2D eigenvalue weighted by atomic mass is 79.9. The molecule has 1 aromatic carbocycles. The number of carbonyl (C=O) groups is 1. The molecule has 0 bridgehead atoms. The molecule has 4 nitrogen and oxygen atoms in total. The van der Waals surface area contributed by atoms with E-state index < -0.39 is 34.2 Å². The number of halogens is 3. The fraction of sp³-hybridized carbons (Fsp3) is 0.222. The number of rotatable bonds is 3.